The summed E-state index contributed by atoms with van der Waals surface area (Å²) in [7, 11) is 0. The fourth-order valence-electron chi connectivity index (χ4n) is 2.25. The van der Waals surface area contributed by atoms with Crippen LogP contribution in [-0.4, -0.2) is 9.97 Å². The van der Waals surface area contributed by atoms with Crippen LogP contribution < -0.4 is 4.74 Å². The van der Waals surface area contributed by atoms with Gasteiger partial charge < -0.3 is 4.74 Å². The summed E-state index contributed by atoms with van der Waals surface area (Å²) in [5.41, 5.74) is 2.05. The van der Waals surface area contributed by atoms with E-state index < -0.39 is 0 Å². The van der Waals surface area contributed by atoms with Crippen LogP contribution in [0.3, 0.4) is 0 Å². The van der Waals surface area contributed by atoms with Crippen LogP contribution in [0.5, 0.6) is 11.6 Å². The van der Waals surface area contributed by atoms with E-state index in [0.717, 1.165) is 22.0 Å². The van der Waals surface area contributed by atoms with Crippen molar-refractivity contribution in [3.63, 3.8) is 0 Å². The van der Waals surface area contributed by atoms with E-state index >= 15 is 0 Å². The average Bonchev–Trinajstić information content (AvgIpc) is 2.62. The first-order valence-electron chi connectivity index (χ1n) is 8.20. The number of rotatable bonds is 6. The topological polar surface area (TPSA) is 35.0 Å². The molecule has 0 saturated heterocycles. The average molecular weight is 405 g/mol. The Hall–Kier alpha value is -1.75. The third-order valence-corrected chi connectivity index (χ3v) is 5.07. The fourth-order valence-corrected chi connectivity index (χ4v) is 3.44. The number of thioether (sulfide) groups is 1. The van der Waals surface area contributed by atoms with Crippen molar-refractivity contribution in [3.05, 3.63) is 75.9 Å². The maximum absolute atomic E-state index is 6.19. The lowest BCUT2D eigenvalue weighted by atomic mass is 10.1. The Morgan fingerprint density at radius 3 is 2.54 bits per heavy atom. The summed E-state index contributed by atoms with van der Waals surface area (Å²) >= 11 is 13.8. The molecule has 0 radical (unpaired) electrons. The molecule has 134 valence electrons. The molecule has 0 unspecified atom stereocenters. The van der Waals surface area contributed by atoms with Gasteiger partial charge in [-0.05, 0) is 35.7 Å². The molecule has 1 aromatic heterocycles. The van der Waals surface area contributed by atoms with Gasteiger partial charge in [0, 0.05) is 16.8 Å². The van der Waals surface area contributed by atoms with Gasteiger partial charge in [0.2, 0.25) is 5.88 Å². The maximum atomic E-state index is 6.19. The molecular weight excluding hydrogens is 387 g/mol. The maximum Gasteiger partial charge on any atom is 0.223 e. The van der Waals surface area contributed by atoms with Gasteiger partial charge in [-0.1, -0.05) is 73.1 Å². The summed E-state index contributed by atoms with van der Waals surface area (Å²) in [6, 6.07) is 17.0. The number of nitrogens with zero attached hydrogens (tertiary/aromatic N) is 2. The smallest absolute Gasteiger partial charge is 0.223 e. The monoisotopic (exact) mass is 404 g/mol. The van der Waals surface area contributed by atoms with Crippen LogP contribution in [0, 0.1) is 0 Å². The van der Waals surface area contributed by atoms with Crippen LogP contribution in [-0.2, 0) is 5.75 Å². The predicted octanol–water partition coefficient (Wildman–Crippen LogP) is 6.99. The molecule has 0 aliphatic carbocycles. The normalized spacial score (nSPS) is 11.0. The lowest BCUT2D eigenvalue weighted by Crippen LogP contribution is -2.00. The first kappa shape index (κ1) is 19.0. The minimum atomic E-state index is 0.261. The summed E-state index contributed by atoms with van der Waals surface area (Å²) in [5, 5.41) is 1.94. The van der Waals surface area contributed by atoms with Crippen molar-refractivity contribution in [1.29, 1.82) is 0 Å². The molecule has 0 amide bonds. The summed E-state index contributed by atoms with van der Waals surface area (Å²) in [6.07, 6.45) is 0. The Bertz CT molecular complexity index is 902. The Morgan fingerprint density at radius 2 is 1.81 bits per heavy atom. The van der Waals surface area contributed by atoms with E-state index in [9.17, 15) is 0 Å². The van der Waals surface area contributed by atoms with Gasteiger partial charge in [-0.25, -0.2) is 4.98 Å². The van der Waals surface area contributed by atoms with Crippen molar-refractivity contribution in [2.45, 2.75) is 30.7 Å². The van der Waals surface area contributed by atoms with Crippen LogP contribution in [0.1, 0.15) is 31.0 Å². The Morgan fingerprint density at radius 1 is 1.00 bits per heavy atom. The molecule has 3 nitrogen and oxygen atoms in total. The van der Waals surface area contributed by atoms with Crippen molar-refractivity contribution < 1.29 is 4.74 Å². The summed E-state index contributed by atoms with van der Waals surface area (Å²) in [5.74, 6) is 2.06. The van der Waals surface area contributed by atoms with Crippen molar-refractivity contribution in [1.82, 2.24) is 9.97 Å². The van der Waals surface area contributed by atoms with Crippen LogP contribution in [0.15, 0.2) is 59.8 Å². The molecular formula is C20H18Cl2N2OS. The summed E-state index contributed by atoms with van der Waals surface area (Å²) < 4.78 is 5.89. The van der Waals surface area contributed by atoms with Gasteiger partial charge in [0.25, 0.3) is 0 Å². The van der Waals surface area contributed by atoms with E-state index in [1.54, 1.807) is 17.8 Å². The first-order chi connectivity index (χ1) is 12.5. The third kappa shape index (κ3) is 5.13. The fraction of sp³-hybridized carbons (Fsp3) is 0.200. The SMILES string of the molecule is CC(C)c1cc(Oc2ccccc2Cl)nc(SCc2cccc(Cl)c2)n1. The Labute approximate surface area is 167 Å². The minimum Gasteiger partial charge on any atom is -0.437 e. The molecule has 0 atom stereocenters. The van der Waals surface area contributed by atoms with Crippen molar-refractivity contribution in [2.75, 3.05) is 0 Å². The number of benzene rings is 2. The molecule has 0 aliphatic rings. The molecule has 0 saturated carbocycles. The molecule has 0 aliphatic heterocycles. The zero-order chi connectivity index (χ0) is 18.5. The molecule has 0 bridgehead atoms. The van der Waals surface area contributed by atoms with Crippen molar-refractivity contribution >= 4 is 35.0 Å². The Kier molecular flexibility index (Phi) is 6.41. The standard InChI is InChI=1S/C20H18Cl2N2OS/c1-13(2)17-11-19(25-18-9-4-3-8-16(18)22)24-20(23-17)26-12-14-6-5-7-15(21)10-14/h3-11,13H,12H2,1-2H3. The van der Waals surface area contributed by atoms with E-state index in [2.05, 4.69) is 23.8 Å². The van der Waals surface area contributed by atoms with Crippen molar-refractivity contribution in [3.8, 4) is 11.6 Å². The van der Waals surface area contributed by atoms with Crippen LogP contribution in [0.4, 0.5) is 0 Å². The molecule has 0 spiro atoms. The van der Waals surface area contributed by atoms with E-state index in [1.807, 2.05) is 48.5 Å². The van der Waals surface area contributed by atoms with Gasteiger partial charge in [-0.15, -0.1) is 0 Å². The highest BCUT2D eigenvalue weighted by Gasteiger charge is 2.11. The quantitative estimate of drug-likeness (QED) is 0.327. The molecule has 26 heavy (non-hydrogen) atoms. The zero-order valence-electron chi connectivity index (χ0n) is 14.4. The Balaban J connectivity index is 1.83. The van der Waals surface area contributed by atoms with E-state index in [-0.39, 0.29) is 5.92 Å². The molecule has 0 fully saturated rings. The number of hydrogen-bond donors (Lipinski definition) is 0. The number of para-hydroxylation sites is 1. The highest BCUT2D eigenvalue weighted by atomic mass is 35.5. The number of aromatic nitrogens is 2. The van der Waals surface area contributed by atoms with Crippen LogP contribution in [0.25, 0.3) is 0 Å². The number of ether oxygens (including phenoxy) is 1. The van der Waals surface area contributed by atoms with E-state index in [4.69, 9.17) is 27.9 Å². The molecule has 3 rings (SSSR count). The van der Waals surface area contributed by atoms with E-state index in [1.165, 1.54) is 0 Å². The van der Waals surface area contributed by atoms with Gasteiger partial charge in [-0.2, -0.15) is 4.98 Å². The zero-order valence-corrected chi connectivity index (χ0v) is 16.8. The van der Waals surface area contributed by atoms with Crippen LogP contribution >= 0.6 is 35.0 Å². The highest BCUT2D eigenvalue weighted by molar-refractivity contribution is 7.98. The number of halogens is 2. The second-order valence-electron chi connectivity index (χ2n) is 6.02. The lowest BCUT2D eigenvalue weighted by molar-refractivity contribution is 0.453. The van der Waals surface area contributed by atoms with Crippen molar-refractivity contribution in [2.24, 2.45) is 0 Å². The summed E-state index contributed by atoms with van der Waals surface area (Å²) in [6.45, 7) is 4.18. The van der Waals surface area contributed by atoms with E-state index in [0.29, 0.717) is 21.8 Å². The molecule has 0 N–H and O–H groups in total. The van der Waals surface area contributed by atoms with Gasteiger partial charge in [0.1, 0.15) is 5.75 Å². The molecule has 2 aromatic carbocycles. The van der Waals surface area contributed by atoms with Crippen LogP contribution in [0.2, 0.25) is 10.0 Å². The number of hydrogen-bond acceptors (Lipinski definition) is 4. The van der Waals surface area contributed by atoms with Gasteiger partial charge >= 0.3 is 0 Å². The second-order valence-corrected chi connectivity index (χ2v) is 7.81. The third-order valence-electron chi connectivity index (χ3n) is 3.60. The largest absolute Gasteiger partial charge is 0.437 e. The molecule has 1 heterocycles. The highest BCUT2D eigenvalue weighted by Crippen LogP contribution is 2.31. The predicted molar refractivity (Wildman–Crippen MR) is 109 cm³/mol. The first-order valence-corrected chi connectivity index (χ1v) is 9.94. The second kappa shape index (κ2) is 8.76. The van der Waals surface area contributed by atoms with Gasteiger partial charge in [0.15, 0.2) is 5.16 Å². The lowest BCUT2D eigenvalue weighted by Gasteiger charge is -2.11. The molecule has 3 aromatic rings. The summed E-state index contributed by atoms with van der Waals surface area (Å²) in [4.78, 5) is 9.17. The van der Waals surface area contributed by atoms with Gasteiger partial charge in [-0.3, -0.25) is 0 Å². The molecule has 6 heteroatoms. The van der Waals surface area contributed by atoms with Gasteiger partial charge in [0.05, 0.1) is 10.7 Å². The minimum absolute atomic E-state index is 0.261.